The van der Waals surface area contributed by atoms with E-state index < -0.39 is 0 Å². The van der Waals surface area contributed by atoms with Crippen molar-refractivity contribution in [3.05, 3.63) is 57.2 Å². The lowest BCUT2D eigenvalue weighted by Crippen LogP contribution is -2.25. The van der Waals surface area contributed by atoms with Crippen LogP contribution in [0.1, 0.15) is 29.8 Å². The van der Waals surface area contributed by atoms with Crippen LogP contribution in [0, 0.1) is 3.57 Å². The summed E-state index contributed by atoms with van der Waals surface area (Å²) < 4.78 is 12.3. The van der Waals surface area contributed by atoms with E-state index in [-0.39, 0.29) is 5.91 Å². The van der Waals surface area contributed by atoms with Crippen molar-refractivity contribution < 1.29 is 14.3 Å². The minimum absolute atomic E-state index is 0.0534. The first-order valence-corrected chi connectivity index (χ1v) is 9.14. The van der Waals surface area contributed by atoms with Crippen molar-refractivity contribution in [3.8, 4) is 11.5 Å². The van der Waals surface area contributed by atoms with Crippen LogP contribution in [0.15, 0.2) is 42.5 Å². The first-order valence-electron chi connectivity index (χ1n) is 8.06. The Kier molecular flexibility index (Phi) is 7.36. The maximum Gasteiger partial charge on any atom is 0.251 e. The Bertz CT molecular complexity index is 671. The van der Waals surface area contributed by atoms with Crippen molar-refractivity contribution in [1.82, 2.24) is 5.32 Å². The van der Waals surface area contributed by atoms with E-state index in [9.17, 15) is 4.79 Å². The highest BCUT2D eigenvalue weighted by molar-refractivity contribution is 14.1. The molecule has 0 heterocycles. The second-order valence-electron chi connectivity index (χ2n) is 5.16. The van der Waals surface area contributed by atoms with Gasteiger partial charge in [-0.1, -0.05) is 6.07 Å². The molecule has 0 atom stereocenters. The van der Waals surface area contributed by atoms with E-state index in [4.69, 9.17) is 9.47 Å². The Morgan fingerprint density at radius 2 is 1.67 bits per heavy atom. The lowest BCUT2D eigenvalue weighted by molar-refractivity contribution is 0.0954. The van der Waals surface area contributed by atoms with Gasteiger partial charge in [0.15, 0.2) is 11.5 Å². The summed E-state index contributed by atoms with van der Waals surface area (Å²) in [7, 11) is 0. The Hall–Kier alpha value is -1.76. The van der Waals surface area contributed by atoms with Gasteiger partial charge in [-0.05, 0) is 84.8 Å². The Morgan fingerprint density at radius 1 is 1.00 bits per heavy atom. The van der Waals surface area contributed by atoms with Gasteiger partial charge in [-0.2, -0.15) is 0 Å². The van der Waals surface area contributed by atoms with E-state index in [1.165, 1.54) is 0 Å². The molecule has 5 heteroatoms. The molecule has 2 rings (SSSR count). The number of halogens is 1. The van der Waals surface area contributed by atoms with E-state index >= 15 is 0 Å². The number of carbonyl (C=O) groups excluding carboxylic acids is 1. The van der Waals surface area contributed by atoms with Gasteiger partial charge in [0.2, 0.25) is 0 Å². The molecular weight excluding hydrogens is 417 g/mol. The highest BCUT2D eigenvalue weighted by atomic mass is 127. The molecule has 1 amide bonds. The molecule has 0 unspecified atom stereocenters. The summed E-state index contributed by atoms with van der Waals surface area (Å²) in [5.41, 5.74) is 1.78. The zero-order valence-corrected chi connectivity index (χ0v) is 16.1. The smallest absolute Gasteiger partial charge is 0.251 e. The van der Waals surface area contributed by atoms with Gasteiger partial charge in [0.05, 0.1) is 13.2 Å². The summed E-state index contributed by atoms with van der Waals surface area (Å²) in [6, 6.07) is 13.4. The third kappa shape index (κ3) is 5.40. The van der Waals surface area contributed by atoms with E-state index in [0.717, 1.165) is 27.1 Å². The average Bonchev–Trinajstić information content (AvgIpc) is 2.58. The van der Waals surface area contributed by atoms with Gasteiger partial charge < -0.3 is 14.8 Å². The third-order valence-electron chi connectivity index (χ3n) is 3.41. The predicted molar refractivity (Wildman–Crippen MR) is 104 cm³/mol. The molecule has 128 valence electrons. The molecule has 1 N–H and O–H groups in total. The number of benzene rings is 2. The van der Waals surface area contributed by atoms with Crippen LogP contribution in [0.3, 0.4) is 0 Å². The minimum Gasteiger partial charge on any atom is -0.490 e. The molecule has 0 spiro atoms. The highest BCUT2D eigenvalue weighted by Crippen LogP contribution is 2.28. The largest absolute Gasteiger partial charge is 0.490 e. The number of carbonyl (C=O) groups is 1. The summed E-state index contributed by atoms with van der Waals surface area (Å²) in [5, 5.41) is 2.94. The van der Waals surface area contributed by atoms with Crippen LogP contribution in [-0.2, 0) is 6.42 Å². The van der Waals surface area contributed by atoms with Crippen molar-refractivity contribution in [3.63, 3.8) is 0 Å². The van der Waals surface area contributed by atoms with E-state index in [2.05, 4.69) is 27.9 Å². The number of amides is 1. The van der Waals surface area contributed by atoms with Crippen molar-refractivity contribution in [1.29, 1.82) is 0 Å². The molecule has 0 saturated carbocycles. The molecule has 24 heavy (non-hydrogen) atoms. The summed E-state index contributed by atoms with van der Waals surface area (Å²) in [6.07, 6.45) is 0.739. The van der Waals surface area contributed by atoms with Crippen LogP contribution in [0.25, 0.3) is 0 Å². The molecule has 0 radical (unpaired) electrons. The zero-order chi connectivity index (χ0) is 17.4. The van der Waals surface area contributed by atoms with E-state index in [1.807, 2.05) is 56.3 Å². The second-order valence-corrected chi connectivity index (χ2v) is 6.41. The topological polar surface area (TPSA) is 47.6 Å². The van der Waals surface area contributed by atoms with Crippen LogP contribution in [0.2, 0.25) is 0 Å². The quantitative estimate of drug-likeness (QED) is 0.632. The van der Waals surface area contributed by atoms with Gasteiger partial charge in [0.25, 0.3) is 5.91 Å². The lowest BCUT2D eigenvalue weighted by Gasteiger charge is -2.12. The lowest BCUT2D eigenvalue weighted by atomic mass is 10.1. The van der Waals surface area contributed by atoms with Crippen LogP contribution in [0.5, 0.6) is 11.5 Å². The van der Waals surface area contributed by atoms with Crippen LogP contribution in [-0.4, -0.2) is 25.7 Å². The monoisotopic (exact) mass is 439 g/mol. The summed E-state index contributed by atoms with van der Waals surface area (Å²) >= 11 is 2.22. The molecule has 0 fully saturated rings. The molecule has 0 aliphatic carbocycles. The average molecular weight is 439 g/mol. The first-order chi connectivity index (χ1) is 11.6. The Morgan fingerprint density at radius 3 is 2.33 bits per heavy atom. The van der Waals surface area contributed by atoms with E-state index in [1.54, 1.807) is 0 Å². The zero-order valence-electron chi connectivity index (χ0n) is 14.0. The second kappa shape index (κ2) is 9.52. The number of rotatable bonds is 8. The number of nitrogens with one attached hydrogen (secondary N) is 1. The van der Waals surface area contributed by atoms with Gasteiger partial charge in [0.1, 0.15) is 0 Å². The summed E-state index contributed by atoms with van der Waals surface area (Å²) in [6.45, 7) is 5.66. The van der Waals surface area contributed by atoms with Gasteiger partial charge in [-0.3, -0.25) is 4.79 Å². The molecule has 0 aromatic heterocycles. The van der Waals surface area contributed by atoms with E-state index in [0.29, 0.717) is 25.3 Å². The summed E-state index contributed by atoms with van der Waals surface area (Å²) in [4.78, 5) is 12.1. The minimum atomic E-state index is -0.0534. The molecule has 0 saturated heterocycles. The van der Waals surface area contributed by atoms with Crippen LogP contribution < -0.4 is 14.8 Å². The predicted octanol–water partition coefficient (Wildman–Crippen LogP) is 4.06. The van der Waals surface area contributed by atoms with Gasteiger partial charge >= 0.3 is 0 Å². The fraction of sp³-hybridized carbons (Fsp3) is 0.316. The normalized spacial score (nSPS) is 10.3. The molecule has 0 aliphatic heterocycles. The molecule has 2 aromatic rings. The SMILES string of the molecule is CCOc1ccc(CCNC(=O)c2ccc(I)cc2)cc1OCC. The molecular formula is C19H22INO3. The fourth-order valence-electron chi connectivity index (χ4n) is 2.27. The maximum atomic E-state index is 12.1. The van der Waals surface area contributed by atoms with Gasteiger partial charge in [0, 0.05) is 15.7 Å². The molecule has 0 aliphatic rings. The molecule has 2 aromatic carbocycles. The Labute approximate surface area is 156 Å². The van der Waals surface area contributed by atoms with Crippen molar-refractivity contribution in [2.75, 3.05) is 19.8 Å². The highest BCUT2D eigenvalue weighted by Gasteiger charge is 2.08. The van der Waals surface area contributed by atoms with Crippen molar-refractivity contribution in [2.24, 2.45) is 0 Å². The fourth-order valence-corrected chi connectivity index (χ4v) is 2.63. The molecule has 4 nitrogen and oxygen atoms in total. The Balaban J connectivity index is 1.92. The maximum absolute atomic E-state index is 12.1. The van der Waals surface area contributed by atoms with Gasteiger partial charge in [-0.25, -0.2) is 0 Å². The first kappa shape index (κ1) is 18.6. The van der Waals surface area contributed by atoms with Gasteiger partial charge in [-0.15, -0.1) is 0 Å². The third-order valence-corrected chi connectivity index (χ3v) is 4.13. The van der Waals surface area contributed by atoms with Crippen LogP contribution in [0.4, 0.5) is 0 Å². The number of hydrogen-bond acceptors (Lipinski definition) is 3. The standard InChI is InChI=1S/C19H22INO3/c1-3-23-17-10-5-14(13-18(17)24-4-2)11-12-21-19(22)15-6-8-16(20)9-7-15/h5-10,13H,3-4,11-12H2,1-2H3,(H,21,22). The summed E-state index contributed by atoms with van der Waals surface area (Å²) in [5.74, 6) is 1.45. The number of ether oxygens (including phenoxy) is 2. The molecule has 0 bridgehead atoms. The van der Waals surface area contributed by atoms with Crippen molar-refractivity contribution >= 4 is 28.5 Å². The van der Waals surface area contributed by atoms with Crippen LogP contribution >= 0.6 is 22.6 Å². The van der Waals surface area contributed by atoms with Crippen molar-refractivity contribution in [2.45, 2.75) is 20.3 Å². The number of hydrogen-bond donors (Lipinski definition) is 1.